The smallest absolute Gasteiger partial charge is 0.149 e. The number of aliphatic hydroxyl groups is 1. The highest BCUT2D eigenvalue weighted by molar-refractivity contribution is 5.63. The van der Waals surface area contributed by atoms with Crippen LogP contribution in [0.5, 0.6) is 0 Å². The third-order valence-corrected chi connectivity index (χ3v) is 2.34. The van der Waals surface area contributed by atoms with Crippen LogP contribution in [-0.4, -0.2) is 47.8 Å². The van der Waals surface area contributed by atoms with Gasteiger partial charge in [-0.2, -0.15) is 5.26 Å². The molecule has 1 atom stereocenters. The Labute approximate surface area is 107 Å². The minimum atomic E-state index is -0.883. The van der Waals surface area contributed by atoms with E-state index in [-0.39, 0.29) is 0 Å². The van der Waals surface area contributed by atoms with Crippen molar-refractivity contribution in [2.45, 2.75) is 12.5 Å². The summed E-state index contributed by atoms with van der Waals surface area (Å²) in [6.07, 6.45) is 1.44. The molecule has 6 heteroatoms. The molecule has 18 heavy (non-hydrogen) atoms. The number of nitrogens with two attached hydrogens (primary N) is 1. The van der Waals surface area contributed by atoms with Crippen LogP contribution in [0, 0.1) is 11.3 Å². The van der Waals surface area contributed by atoms with Gasteiger partial charge in [0.25, 0.3) is 0 Å². The van der Waals surface area contributed by atoms with Gasteiger partial charge in [0.1, 0.15) is 11.9 Å². The van der Waals surface area contributed by atoms with E-state index in [4.69, 9.17) is 11.0 Å². The lowest BCUT2D eigenvalue weighted by atomic mass is 10.1. The van der Waals surface area contributed by atoms with Crippen molar-refractivity contribution in [3.8, 4) is 6.07 Å². The van der Waals surface area contributed by atoms with Gasteiger partial charge in [-0.05, 0) is 27.1 Å². The molecule has 6 nitrogen and oxygen atoms in total. The molecule has 0 spiro atoms. The predicted octanol–water partition coefficient (Wildman–Crippen LogP) is 0.260. The number of nitrogens with zero attached hydrogens (tertiary/aromatic N) is 3. The van der Waals surface area contributed by atoms with Gasteiger partial charge in [0, 0.05) is 19.3 Å². The number of hydrogen-bond acceptors (Lipinski definition) is 6. The highest BCUT2D eigenvalue weighted by Gasteiger charge is 2.21. The first-order valence-electron chi connectivity index (χ1n) is 5.61. The fourth-order valence-electron chi connectivity index (χ4n) is 1.70. The summed E-state index contributed by atoms with van der Waals surface area (Å²) >= 11 is 0. The average molecular weight is 249 g/mol. The molecule has 0 aliphatic rings. The van der Waals surface area contributed by atoms with E-state index >= 15 is 0 Å². The van der Waals surface area contributed by atoms with Gasteiger partial charge < -0.3 is 21.1 Å². The third-order valence-electron chi connectivity index (χ3n) is 2.34. The largest absolute Gasteiger partial charge is 0.396 e. The number of likely N-dealkylation sites (N-methyl/N-ethyl adjacent to an activating group) is 1. The first-order chi connectivity index (χ1) is 8.34. The van der Waals surface area contributed by atoms with Gasteiger partial charge in [-0.1, -0.05) is 0 Å². The molecule has 1 aromatic rings. The maximum atomic E-state index is 10.1. The van der Waals surface area contributed by atoms with Crippen LogP contribution in [-0.2, 0) is 0 Å². The molecule has 1 rings (SSSR count). The van der Waals surface area contributed by atoms with Crippen molar-refractivity contribution in [3.63, 3.8) is 0 Å². The van der Waals surface area contributed by atoms with E-state index in [2.05, 4.69) is 10.3 Å². The van der Waals surface area contributed by atoms with Crippen LogP contribution < -0.4 is 11.1 Å². The van der Waals surface area contributed by atoms with Crippen LogP contribution in [0.15, 0.2) is 12.3 Å². The number of hydrogen-bond donors (Lipinski definition) is 3. The molecule has 1 aromatic heterocycles. The molecule has 98 valence electrons. The van der Waals surface area contributed by atoms with Crippen LogP contribution in [0.2, 0.25) is 0 Å². The lowest BCUT2D eigenvalue weighted by molar-refractivity contribution is 0.0459. The van der Waals surface area contributed by atoms with E-state index in [1.54, 1.807) is 13.0 Å². The molecule has 0 fully saturated rings. The van der Waals surface area contributed by atoms with E-state index in [1.165, 1.54) is 6.20 Å². The van der Waals surface area contributed by atoms with E-state index in [0.29, 0.717) is 30.2 Å². The van der Waals surface area contributed by atoms with Crippen molar-refractivity contribution in [2.75, 3.05) is 38.2 Å². The minimum Gasteiger partial charge on any atom is -0.396 e. The van der Waals surface area contributed by atoms with Crippen LogP contribution in [0.1, 0.15) is 12.5 Å². The third kappa shape index (κ3) is 4.20. The molecule has 0 radical (unpaired) electrons. The Balaban J connectivity index is 2.67. The van der Waals surface area contributed by atoms with Crippen LogP contribution in [0.4, 0.5) is 11.5 Å². The molecule has 0 aliphatic heterocycles. The Hall–Kier alpha value is -1.84. The van der Waals surface area contributed by atoms with Gasteiger partial charge in [0.15, 0.2) is 0 Å². The van der Waals surface area contributed by atoms with Crippen molar-refractivity contribution >= 4 is 11.5 Å². The fourth-order valence-corrected chi connectivity index (χ4v) is 1.70. The van der Waals surface area contributed by atoms with Gasteiger partial charge >= 0.3 is 0 Å². The molecule has 0 saturated heterocycles. The van der Waals surface area contributed by atoms with Crippen molar-refractivity contribution in [2.24, 2.45) is 0 Å². The normalized spacial score (nSPS) is 14.0. The summed E-state index contributed by atoms with van der Waals surface area (Å²) in [6, 6.07) is 3.52. The van der Waals surface area contributed by atoms with Gasteiger partial charge in [-0.3, -0.25) is 0 Å². The van der Waals surface area contributed by atoms with E-state index < -0.39 is 5.60 Å². The van der Waals surface area contributed by atoms with Gasteiger partial charge in [-0.25, -0.2) is 4.98 Å². The monoisotopic (exact) mass is 249 g/mol. The Kier molecular flexibility index (Phi) is 4.48. The van der Waals surface area contributed by atoms with E-state index in [1.807, 2.05) is 25.1 Å². The highest BCUT2D eigenvalue weighted by atomic mass is 16.3. The quantitative estimate of drug-likeness (QED) is 0.692. The lowest BCUT2D eigenvalue weighted by Gasteiger charge is -2.27. The zero-order chi connectivity index (χ0) is 13.8. The first kappa shape index (κ1) is 14.2. The van der Waals surface area contributed by atoms with Gasteiger partial charge in [0.05, 0.1) is 16.9 Å². The topological polar surface area (TPSA) is 98.2 Å². The molecule has 1 unspecified atom stereocenters. The second kappa shape index (κ2) is 5.67. The zero-order valence-corrected chi connectivity index (χ0v) is 10.9. The fraction of sp³-hybridized carbons (Fsp3) is 0.500. The molecule has 0 bridgehead atoms. The van der Waals surface area contributed by atoms with Gasteiger partial charge in [-0.15, -0.1) is 0 Å². The molecule has 0 amide bonds. The summed E-state index contributed by atoms with van der Waals surface area (Å²) in [5.74, 6) is 0.480. The molecule has 0 aliphatic carbocycles. The number of nitriles is 1. The van der Waals surface area contributed by atoms with Crippen LogP contribution in [0.25, 0.3) is 0 Å². The summed E-state index contributed by atoms with van der Waals surface area (Å²) in [5.41, 5.74) is 5.69. The second-order valence-corrected chi connectivity index (χ2v) is 4.86. The Morgan fingerprint density at radius 1 is 1.61 bits per heavy atom. The van der Waals surface area contributed by atoms with Crippen molar-refractivity contribution < 1.29 is 5.11 Å². The molecule has 4 N–H and O–H groups in total. The van der Waals surface area contributed by atoms with Gasteiger partial charge in [0.2, 0.25) is 0 Å². The predicted molar refractivity (Wildman–Crippen MR) is 71.0 cm³/mol. The second-order valence-electron chi connectivity index (χ2n) is 4.86. The molecule has 0 aromatic carbocycles. The maximum absolute atomic E-state index is 10.1. The molecular formula is C12H19N5O. The summed E-state index contributed by atoms with van der Waals surface area (Å²) in [5, 5.41) is 21.8. The number of anilines is 2. The number of aromatic nitrogens is 1. The summed E-state index contributed by atoms with van der Waals surface area (Å²) < 4.78 is 0. The Morgan fingerprint density at radius 3 is 2.78 bits per heavy atom. The standard InChI is InChI=1S/C12H19N5O/c1-12(18,8-17(2)3)7-16-11-10(14)4-9(5-13)6-15-11/h4,6,18H,7-8,14H2,1-3H3,(H,15,16). The number of nitrogens with one attached hydrogen (secondary N) is 1. The lowest BCUT2D eigenvalue weighted by Crippen LogP contribution is -2.43. The Bertz CT molecular complexity index is 450. The number of pyridine rings is 1. The first-order valence-corrected chi connectivity index (χ1v) is 5.61. The SMILES string of the molecule is CN(C)CC(C)(O)CNc1ncc(C#N)cc1N. The van der Waals surface area contributed by atoms with Crippen molar-refractivity contribution in [3.05, 3.63) is 17.8 Å². The molecule has 0 saturated carbocycles. The zero-order valence-electron chi connectivity index (χ0n) is 10.9. The number of rotatable bonds is 5. The minimum absolute atomic E-state index is 0.328. The maximum Gasteiger partial charge on any atom is 0.149 e. The van der Waals surface area contributed by atoms with Crippen molar-refractivity contribution in [1.29, 1.82) is 5.26 Å². The van der Waals surface area contributed by atoms with E-state index in [0.717, 1.165) is 0 Å². The summed E-state index contributed by atoms with van der Waals surface area (Å²) in [4.78, 5) is 5.95. The highest BCUT2D eigenvalue weighted by Crippen LogP contribution is 2.17. The molecule has 1 heterocycles. The number of nitrogen functional groups attached to an aromatic ring is 1. The van der Waals surface area contributed by atoms with Crippen molar-refractivity contribution in [1.82, 2.24) is 9.88 Å². The average Bonchev–Trinajstić information content (AvgIpc) is 2.25. The molecular weight excluding hydrogens is 230 g/mol. The van der Waals surface area contributed by atoms with Crippen LogP contribution in [0.3, 0.4) is 0 Å². The Morgan fingerprint density at radius 2 is 2.28 bits per heavy atom. The van der Waals surface area contributed by atoms with E-state index in [9.17, 15) is 5.11 Å². The summed E-state index contributed by atoms with van der Waals surface area (Å²) in [7, 11) is 3.78. The van der Waals surface area contributed by atoms with Crippen LogP contribution >= 0.6 is 0 Å². The summed E-state index contributed by atoms with van der Waals surface area (Å²) in [6.45, 7) is 2.59.